The molecule has 0 bridgehead atoms. The first-order chi connectivity index (χ1) is 9.72. The van der Waals surface area contributed by atoms with Crippen molar-refractivity contribution in [2.24, 2.45) is 5.92 Å². The van der Waals surface area contributed by atoms with Crippen LogP contribution in [0.3, 0.4) is 0 Å². The zero-order valence-electron chi connectivity index (χ0n) is 11.2. The molecular weight excluding hydrogens is 258 g/mol. The summed E-state index contributed by atoms with van der Waals surface area (Å²) in [5.41, 5.74) is 0. The standard InChI is InChI=1S/C13H17N5O2/c1-8-16-13(20-18-8)9-5-10(11(19)6-9)7-14-12-3-2-4-15-17-12/h2-4,9-11,19H,5-7H2,1H3,(H,14,17)/t9-,10+,11+/m0/s1. The molecule has 1 fully saturated rings. The molecule has 106 valence electrons. The molecule has 20 heavy (non-hydrogen) atoms. The molecule has 2 aromatic rings. The highest BCUT2D eigenvalue weighted by Gasteiger charge is 2.36. The lowest BCUT2D eigenvalue weighted by Crippen LogP contribution is -2.22. The fraction of sp³-hybridized carbons (Fsp3) is 0.538. The Labute approximate surface area is 116 Å². The Morgan fingerprint density at radius 2 is 2.35 bits per heavy atom. The van der Waals surface area contributed by atoms with E-state index in [0.717, 1.165) is 12.2 Å². The first kappa shape index (κ1) is 13.0. The van der Waals surface area contributed by atoms with Crippen LogP contribution in [0.1, 0.15) is 30.5 Å². The molecule has 0 unspecified atom stereocenters. The lowest BCUT2D eigenvalue weighted by molar-refractivity contribution is 0.137. The van der Waals surface area contributed by atoms with Crippen molar-refractivity contribution in [3.63, 3.8) is 0 Å². The van der Waals surface area contributed by atoms with E-state index in [-0.39, 0.29) is 17.9 Å². The average molecular weight is 275 g/mol. The summed E-state index contributed by atoms with van der Waals surface area (Å²) >= 11 is 0. The van der Waals surface area contributed by atoms with Gasteiger partial charge in [-0.2, -0.15) is 10.1 Å². The normalized spacial score (nSPS) is 25.8. The van der Waals surface area contributed by atoms with Crippen molar-refractivity contribution in [3.8, 4) is 0 Å². The molecule has 7 nitrogen and oxygen atoms in total. The highest BCUT2D eigenvalue weighted by molar-refractivity contribution is 5.31. The highest BCUT2D eigenvalue weighted by Crippen LogP contribution is 2.37. The number of rotatable bonds is 4. The van der Waals surface area contributed by atoms with Crippen molar-refractivity contribution >= 4 is 5.82 Å². The Morgan fingerprint density at radius 1 is 1.45 bits per heavy atom. The lowest BCUT2D eigenvalue weighted by atomic mass is 10.0. The van der Waals surface area contributed by atoms with Crippen molar-refractivity contribution < 1.29 is 9.63 Å². The summed E-state index contributed by atoms with van der Waals surface area (Å²) in [6, 6.07) is 3.68. The van der Waals surface area contributed by atoms with E-state index in [0.29, 0.717) is 24.7 Å². The number of aryl methyl sites for hydroxylation is 1. The van der Waals surface area contributed by atoms with E-state index < -0.39 is 0 Å². The SMILES string of the molecule is Cc1noc([C@H]2C[C@H](CNc3cccnn3)[C@H](O)C2)n1. The van der Waals surface area contributed by atoms with Crippen LogP contribution in [0.25, 0.3) is 0 Å². The molecule has 0 aliphatic heterocycles. The number of aromatic nitrogens is 4. The molecule has 0 amide bonds. The molecule has 7 heteroatoms. The number of nitrogens with one attached hydrogen (secondary N) is 1. The van der Waals surface area contributed by atoms with Gasteiger partial charge in [0.1, 0.15) is 5.82 Å². The summed E-state index contributed by atoms with van der Waals surface area (Å²) in [6.07, 6.45) is 2.75. The molecule has 1 aliphatic carbocycles. The number of aliphatic hydroxyl groups excluding tert-OH is 1. The molecule has 0 spiro atoms. The van der Waals surface area contributed by atoms with Crippen LogP contribution in [0.5, 0.6) is 0 Å². The van der Waals surface area contributed by atoms with Crippen LogP contribution in [0.2, 0.25) is 0 Å². The van der Waals surface area contributed by atoms with Crippen molar-refractivity contribution in [1.29, 1.82) is 0 Å². The van der Waals surface area contributed by atoms with E-state index in [4.69, 9.17) is 4.52 Å². The maximum absolute atomic E-state index is 10.1. The van der Waals surface area contributed by atoms with Crippen LogP contribution < -0.4 is 5.32 Å². The van der Waals surface area contributed by atoms with Gasteiger partial charge in [-0.3, -0.25) is 0 Å². The van der Waals surface area contributed by atoms with E-state index in [1.165, 1.54) is 0 Å². The second kappa shape index (κ2) is 5.54. The van der Waals surface area contributed by atoms with Crippen LogP contribution in [0.15, 0.2) is 22.9 Å². The molecule has 3 atom stereocenters. The van der Waals surface area contributed by atoms with Crippen LogP contribution in [-0.2, 0) is 0 Å². The second-order valence-electron chi connectivity index (χ2n) is 5.17. The molecule has 0 radical (unpaired) electrons. The number of anilines is 1. The van der Waals surface area contributed by atoms with Gasteiger partial charge >= 0.3 is 0 Å². The van der Waals surface area contributed by atoms with Gasteiger partial charge in [0.15, 0.2) is 5.82 Å². The van der Waals surface area contributed by atoms with E-state index in [1.807, 2.05) is 12.1 Å². The highest BCUT2D eigenvalue weighted by atomic mass is 16.5. The van der Waals surface area contributed by atoms with Gasteiger partial charge in [0, 0.05) is 24.6 Å². The number of hydrogen-bond acceptors (Lipinski definition) is 7. The summed E-state index contributed by atoms with van der Waals surface area (Å²) in [5.74, 6) is 2.27. The minimum absolute atomic E-state index is 0.139. The van der Waals surface area contributed by atoms with Gasteiger partial charge in [-0.15, -0.1) is 5.10 Å². The van der Waals surface area contributed by atoms with Gasteiger partial charge in [-0.1, -0.05) is 5.16 Å². The summed E-state index contributed by atoms with van der Waals surface area (Å²) in [4.78, 5) is 4.25. The van der Waals surface area contributed by atoms with Gasteiger partial charge < -0.3 is 14.9 Å². The summed E-state index contributed by atoms with van der Waals surface area (Å²) in [5, 5.41) is 24.9. The minimum atomic E-state index is -0.364. The van der Waals surface area contributed by atoms with Gasteiger partial charge in [-0.05, 0) is 31.9 Å². The van der Waals surface area contributed by atoms with E-state index in [1.54, 1.807) is 13.1 Å². The quantitative estimate of drug-likeness (QED) is 0.863. The molecule has 0 aromatic carbocycles. The predicted molar refractivity (Wildman–Crippen MR) is 71.0 cm³/mol. The Bertz CT molecular complexity index is 559. The number of hydrogen-bond donors (Lipinski definition) is 2. The zero-order chi connectivity index (χ0) is 13.9. The van der Waals surface area contributed by atoms with Crippen molar-refractivity contribution in [1.82, 2.24) is 20.3 Å². The molecule has 1 saturated carbocycles. The van der Waals surface area contributed by atoms with Gasteiger partial charge in [-0.25, -0.2) is 0 Å². The molecule has 2 heterocycles. The Balaban J connectivity index is 1.58. The first-order valence-corrected chi connectivity index (χ1v) is 6.72. The smallest absolute Gasteiger partial charge is 0.229 e. The van der Waals surface area contributed by atoms with Crippen LogP contribution in [0.4, 0.5) is 5.82 Å². The average Bonchev–Trinajstić information content (AvgIpc) is 3.04. The topological polar surface area (TPSA) is 97.0 Å². The lowest BCUT2D eigenvalue weighted by Gasteiger charge is -2.14. The fourth-order valence-electron chi connectivity index (χ4n) is 2.63. The monoisotopic (exact) mass is 275 g/mol. The molecule has 2 N–H and O–H groups in total. The number of aliphatic hydroxyl groups is 1. The summed E-state index contributed by atoms with van der Waals surface area (Å²) < 4.78 is 5.19. The van der Waals surface area contributed by atoms with E-state index in [9.17, 15) is 5.11 Å². The van der Waals surface area contributed by atoms with Crippen LogP contribution in [0, 0.1) is 12.8 Å². The van der Waals surface area contributed by atoms with Gasteiger partial charge in [0.2, 0.25) is 5.89 Å². The Morgan fingerprint density at radius 3 is 3.05 bits per heavy atom. The van der Waals surface area contributed by atoms with E-state index >= 15 is 0 Å². The van der Waals surface area contributed by atoms with Crippen molar-refractivity contribution in [2.75, 3.05) is 11.9 Å². The van der Waals surface area contributed by atoms with E-state index in [2.05, 4.69) is 25.7 Å². The second-order valence-corrected chi connectivity index (χ2v) is 5.17. The molecule has 0 saturated heterocycles. The van der Waals surface area contributed by atoms with Gasteiger partial charge in [0.25, 0.3) is 0 Å². The third-order valence-electron chi connectivity index (χ3n) is 3.67. The van der Waals surface area contributed by atoms with Crippen LogP contribution >= 0.6 is 0 Å². The molecular formula is C13H17N5O2. The van der Waals surface area contributed by atoms with Gasteiger partial charge in [0.05, 0.1) is 6.10 Å². The molecule has 3 rings (SSSR count). The largest absolute Gasteiger partial charge is 0.393 e. The molecule has 1 aliphatic rings. The van der Waals surface area contributed by atoms with Crippen LogP contribution in [-0.4, -0.2) is 38.1 Å². The minimum Gasteiger partial charge on any atom is -0.393 e. The fourth-order valence-corrected chi connectivity index (χ4v) is 2.63. The van der Waals surface area contributed by atoms with Crippen molar-refractivity contribution in [2.45, 2.75) is 31.8 Å². The molecule has 2 aromatic heterocycles. The zero-order valence-corrected chi connectivity index (χ0v) is 11.2. The Kier molecular flexibility index (Phi) is 3.60. The summed E-state index contributed by atoms with van der Waals surface area (Å²) in [6.45, 7) is 2.45. The number of nitrogens with zero attached hydrogens (tertiary/aromatic N) is 4. The first-order valence-electron chi connectivity index (χ1n) is 6.72. The Hall–Kier alpha value is -2.02. The third kappa shape index (κ3) is 2.77. The maximum Gasteiger partial charge on any atom is 0.229 e. The predicted octanol–water partition coefficient (Wildman–Crippen LogP) is 1.13. The van der Waals surface area contributed by atoms with Crippen molar-refractivity contribution in [3.05, 3.63) is 30.0 Å². The maximum atomic E-state index is 10.1. The third-order valence-corrected chi connectivity index (χ3v) is 3.67. The summed E-state index contributed by atoms with van der Waals surface area (Å²) in [7, 11) is 0.